The van der Waals surface area contributed by atoms with Crippen LogP contribution >= 0.6 is 0 Å². The lowest BCUT2D eigenvalue weighted by Crippen LogP contribution is -2.38. The first-order valence-corrected chi connectivity index (χ1v) is 17.2. The summed E-state index contributed by atoms with van der Waals surface area (Å²) in [5.41, 5.74) is 6.05. The third-order valence-electron chi connectivity index (χ3n) is 8.23. The molecule has 0 bridgehead atoms. The summed E-state index contributed by atoms with van der Waals surface area (Å²) in [6, 6.07) is -0.654. The summed E-state index contributed by atoms with van der Waals surface area (Å²) in [5, 5.41) is 20.6. The highest BCUT2D eigenvalue weighted by Crippen LogP contribution is 2.16. The van der Waals surface area contributed by atoms with Crippen molar-refractivity contribution < 1.29 is 15.0 Å². The Morgan fingerprint density at radius 3 is 1.18 bits per heavy atom. The number of carbonyl (C=O) groups is 1. The Balaban J connectivity index is 3.56. The van der Waals surface area contributed by atoms with E-state index in [2.05, 4.69) is 13.8 Å². The molecule has 0 amide bonds. The Kier molecular flexibility index (Phi) is 29.2. The van der Waals surface area contributed by atoms with Crippen LogP contribution in [0.3, 0.4) is 0 Å². The fraction of sp³-hybridized carbons (Fsp3) is 0.971. The van der Waals surface area contributed by atoms with Gasteiger partial charge in [-0.2, -0.15) is 0 Å². The molecule has 0 spiro atoms. The van der Waals surface area contributed by atoms with Crippen LogP contribution in [0.25, 0.3) is 0 Å². The Morgan fingerprint density at radius 2 is 0.816 bits per heavy atom. The van der Waals surface area contributed by atoms with E-state index in [0.717, 1.165) is 25.7 Å². The van der Waals surface area contributed by atoms with E-state index in [1.165, 1.54) is 135 Å². The second-order valence-corrected chi connectivity index (χ2v) is 12.1. The van der Waals surface area contributed by atoms with Gasteiger partial charge in [0.05, 0.1) is 18.2 Å². The zero-order valence-corrected chi connectivity index (χ0v) is 25.9. The second kappa shape index (κ2) is 29.5. The summed E-state index contributed by atoms with van der Waals surface area (Å²) < 4.78 is 0. The van der Waals surface area contributed by atoms with Gasteiger partial charge in [0.1, 0.15) is 5.78 Å². The predicted octanol–water partition coefficient (Wildman–Crippen LogP) is 9.57. The molecule has 0 aromatic carbocycles. The van der Waals surface area contributed by atoms with Gasteiger partial charge in [-0.05, 0) is 19.3 Å². The van der Waals surface area contributed by atoms with Crippen molar-refractivity contribution in [3.05, 3.63) is 0 Å². The highest BCUT2D eigenvalue weighted by molar-refractivity contribution is 5.83. The van der Waals surface area contributed by atoms with Crippen molar-refractivity contribution in [3.8, 4) is 0 Å². The molecule has 4 nitrogen and oxygen atoms in total. The fourth-order valence-electron chi connectivity index (χ4n) is 5.44. The molecule has 0 saturated heterocycles. The first-order valence-electron chi connectivity index (χ1n) is 17.2. The van der Waals surface area contributed by atoms with E-state index in [1.54, 1.807) is 0 Å². The summed E-state index contributed by atoms with van der Waals surface area (Å²) in [6.07, 6.45) is 31.7. The number of unbranched alkanes of at least 4 members (excludes halogenated alkanes) is 23. The number of ketones is 1. The molecule has 4 heteroatoms. The minimum absolute atomic E-state index is 0.0321. The molecular formula is C34H69NO3. The molecule has 0 fully saturated rings. The summed E-state index contributed by atoms with van der Waals surface area (Å²) in [6.45, 7) is 4.53. The largest absolute Gasteiger partial charge is 0.390 e. The normalized spacial score (nSPS) is 14.0. The van der Waals surface area contributed by atoms with Crippen molar-refractivity contribution in [1.29, 1.82) is 0 Å². The Bertz CT molecular complexity index is 484. The number of rotatable bonds is 31. The van der Waals surface area contributed by atoms with Gasteiger partial charge in [0.25, 0.3) is 0 Å². The van der Waals surface area contributed by atoms with E-state index < -0.39 is 18.2 Å². The molecule has 38 heavy (non-hydrogen) atoms. The predicted molar refractivity (Wildman–Crippen MR) is 166 cm³/mol. The van der Waals surface area contributed by atoms with Crippen molar-refractivity contribution in [2.75, 3.05) is 0 Å². The van der Waals surface area contributed by atoms with Gasteiger partial charge < -0.3 is 15.9 Å². The van der Waals surface area contributed by atoms with Gasteiger partial charge in [-0.1, -0.05) is 168 Å². The maximum absolute atomic E-state index is 12.4. The van der Waals surface area contributed by atoms with Crippen LogP contribution in [0.15, 0.2) is 0 Å². The molecular weight excluding hydrogens is 470 g/mol. The number of nitrogens with two attached hydrogens (primary N) is 1. The van der Waals surface area contributed by atoms with E-state index in [0.29, 0.717) is 12.8 Å². The van der Waals surface area contributed by atoms with E-state index in [1.807, 2.05) is 0 Å². The van der Waals surface area contributed by atoms with E-state index in [-0.39, 0.29) is 12.2 Å². The average molecular weight is 540 g/mol. The third kappa shape index (κ3) is 25.8. The number of carbonyl (C=O) groups excluding carboxylic acids is 1. The van der Waals surface area contributed by atoms with Crippen molar-refractivity contribution in [3.63, 3.8) is 0 Å². The van der Waals surface area contributed by atoms with Gasteiger partial charge in [0, 0.05) is 6.42 Å². The molecule has 228 valence electrons. The van der Waals surface area contributed by atoms with E-state index >= 15 is 0 Å². The van der Waals surface area contributed by atoms with Gasteiger partial charge in [-0.25, -0.2) is 0 Å². The number of hydrogen-bond donors (Lipinski definition) is 3. The molecule has 4 N–H and O–H groups in total. The second-order valence-electron chi connectivity index (χ2n) is 12.1. The molecule has 0 aliphatic heterocycles. The lowest BCUT2D eigenvalue weighted by molar-refractivity contribution is -0.121. The average Bonchev–Trinajstić information content (AvgIpc) is 2.91. The maximum atomic E-state index is 12.4. The summed E-state index contributed by atoms with van der Waals surface area (Å²) >= 11 is 0. The van der Waals surface area contributed by atoms with Crippen molar-refractivity contribution in [2.24, 2.45) is 5.73 Å². The van der Waals surface area contributed by atoms with Crippen LogP contribution in [0.5, 0.6) is 0 Å². The van der Waals surface area contributed by atoms with Crippen LogP contribution in [0, 0.1) is 0 Å². The zero-order chi connectivity index (χ0) is 28.1. The molecule has 0 radical (unpaired) electrons. The van der Waals surface area contributed by atoms with Crippen molar-refractivity contribution in [2.45, 2.75) is 212 Å². The van der Waals surface area contributed by atoms with E-state index in [4.69, 9.17) is 5.73 Å². The van der Waals surface area contributed by atoms with Crippen molar-refractivity contribution >= 4 is 5.78 Å². The zero-order valence-electron chi connectivity index (χ0n) is 25.9. The topological polar surface area (TPSA) is 83.6 Å². The first kappa shape index (κ1) is 37.6. The van der Waals surface area contributed by atoms with Crippen LogP contribution in [0.1, 0.15) is 194 Å². The highest BCUT2D eigenvalue weighted by atomic mass is 16.3. The Morgan fingerprint density at radius 1 is 0.500 bits per heavy atom. The minimum atomic E-state index is -0.895. The minimum Gasteiger partial charge on any atom is -0.390 e. The molecule has 0 saturated carbocycles. The lowest BCUT2D eigenvalue weighted by Gasteiger charge is -2.20. The SMILES string of the molecule is CCCCCCCCCCCCCCCC(=O)C(N)CC(O)C(O)CCCCCCCCCCCCCC. The maximum Gasteiger partial charge on any atom is 0.149 e. The third-order valence-corrected chi connectivity index (χ3v) is 8.23. The number of aliphatic hydroxyl groups is 2. The fourth-order valence-corrected chi connectivity index (χ4v) is 5.44. The molecule has 0 aliphatic rings. The summed E-state index contributed by atoms with van der Waals surface area (Å²) in [4.78, 5) is 12.4. The molecule has 0 aromatic heterocycles. The summed E-state index contributed by atoms with van der Waals surface area (Å²) in [7, 11) is 0. The standard InChI is InChI=1S/C34H69NO3/c1-3-5-7-9-11-13-15-17-19-20-22-24-26-28-32(36)31(35)30-34(38)33(37)29-27-25-23-21-18-16-14-12-10-8-6-4-2/h31,33-34,37-38H,3-30,35H2,1-2H3. The highest BCUT2D eigenvalue weighted by Gasteiger charge is 2.22. The smallest absolute Gasteiger partial charge is 0.149 e. The first-order chi connectivity index (χ1) is 18.5. The van der Waals surface area contributed by atoms with Gasteiger partial charge in [0.15, 0.2) is 0 Å². The molecule has 3 atom stereocenters. The number of aliphatic hydroxyl groups excluding tert-OH is 2. The molecule has 0 heterocycles. The lowest BCUT2D eigenvalue weighted by atomic mass is 9.96. The van der Waals surface area contributed by atoms with Crippen LogP contribution in [-0.4, -0.2) is 34.2 Å². The number of Topliss-reactive ketones (excluding diaryl/α,β-unsaturated/α-hetero) is 1. The molecule has 0 rings (SSSR count). The van der Waals surface area contributed by atoms with Gasteiger partial charge >= 0.3 is 0 Å². The van der Waals surface area contributed by atoms with Crippen LogP contribution in [0.4, 0.5) is 0 Å². The summed E-state index contributed by atoms with van der Waals surface area (Å²) in [5.74, 6) is 0.0321. The van der Waals surface area contributed by atoms with Gasteiger partial charge in [0.2, 0.25) is 0 Å². The quantitative estimate of drug-likeness (QED) is 0.0766. The van der Waals surface area contributed by atoms with Gasteiger partial charge in [-0.3, -0.25) is 4.79 Å². The Labute approximate surface area is 238 Å². The van der Waals surface area contributed by atoms with Crippen LogP contribution in [-0.2, 0) is 4.79 Å². The molecule has 0 aliphatic carbocycles. The monoisotopic (exact) mass is 540 g/mol. The Hall–Kier alpha value is -0.450. The van der Waals surface area contributed by atoms with E-state index in [9.17, 15) is 15.0 Å². The molecule has 0 aromatic rings. The van der Waals surface area contributed by atoms with Gasteiger partial charge in [-0.15, -0.1) is 0 Å². The van der Waals surface area contributed by atoms with Crippen LogP contribution < -0.4 is 5.73 Å². The number of hydrogen-bond acceptors (Lipinski definition) is 4. The van der Waals surface area contributed by atoms with Crippen molar-refractivity contribution in [1.82, 2.24) is 0 Å². The van der Waals surface area contributed by atoms with Crippen LogP contribution in [0.2, 0.25) is 0 Å². The molecule has 3 unspecified atom stereocenters.